The van der Waals surface area contributed by atoms with Gasteiger partial charge in [0.25, 0.3) is 0 Å². The normalized spacial score (nSPS) is 22.9. The van der Waals surface area contributed by atoms with Gasteiger partial charge >= 0.3 is 12.1 Å². The number of hydrogen-bond acceptors (Lipinski definition) is 4. The van der Waals surface area contributed by atoms with Crippen molar-refractivity contribution in [3.8, 4) is 0 Å². The Morgan fingerprint density at radius 1 is 1.30 bits per heavy atom. The number of aliphatic hydroxyl groups excluding tert-OH is 1. The van der Waals surface area contributed by atoms with Crippen LogP contribution >= 0.6 is 0 Å². The third kappa shape index (κ3) is 3.85. The minimum Gasteiger partial charge on any atom is -0.479 e. The second-order valence-electron chi connectivity index (χ2n) is 6.25. The smallest absolute Gasteiger partial charge is 0.411 e. The largest absolute Gasteiger partial charge is 0.479 e. The summed E-state index contributed by atoms with van der Waals surface area (Å²) in [5.74, 6) is -0.987. The van der Waals surface area contributed by atoms with Crippen molar-refractivity contribution in [1.29, 1.82) is 0 Å². The lowest BCUT2D eigenvalue weighted by Crippen LogP contribution is -2.54. The Morgan fingerprint density at radius 2 is 1.95 bits per heavy atom. The maximum atomic E-state index is 12.2. The van der Waals surface area contributed by atoms with E-state index in [1.807, 2.05) is 0 Å². The summed E-state index contributed by atoms with van der Waals surface area (Å²) in [5.41, 5.74) is -1.83. The molecular weight excluding hydrogens is 262 g/mol. The topological polar surface area (TPSA) is 87.1 Å². The standard InChI is InChI=1S/C14H25NO5/c1-13(2,3)20-12(19)15-9-6-8-14(15,11(17)18)7-4-5-10-16/h16H,4-10H2,1-3H3,(H,17,18)/t14-/m0/s1. The van der Waals surface area contributed by atoms with E-state index in [-0.39, 0.29) is 6.61 Å². The van der Waals surface area contributed by atoms with E-state index in [4.69, 9.17) is 9.84 Å². The van der Waals surface area contributed by atoms with Gasteiger partial charge in [0.2, 0.25) is 0 Å². The number of ether oxygens (including phenoxy) is 1. The van der Waals surface area contributed by atoms with Crippen LogP contribution in [0.4, 0.5) is 4.79 Å². The van der Waals surface area contributed by atoms with Gasteiger partial charge in [0, 0.05) is 13.2 Å². The van der Waals surface area contributed by atoms with Gasteiger partial charge in [-0.2, -0.15) is 0 Å². The van der Waals surface area contributed by atoms with E-state index in [0.29, 0.717) is 38.6 Å². The fourth-order valence-corrected chi connectivity index (χ4v) is 2.58. The molecule has 0 radical (unpaired) electrons. The first-order valence-electron chi connectivity index (χ1n) is 7.08. The zero-order valence-corrected chi connectivity index (χ0v) is 12.5. The van der Waals surface area contributed by atoms with Crippen molar-refractivity contribution in [1.82, 2.24) is 4.90 Å². The van der Waals surface area contributed by atoms with Gasteiger partial charge in [-0.3, -0.25) is 4.90 Å². The monoisotopic (exact) mass is 287 g/mol. The fraction of sp³-hybridized carbons (Fsp3) is 0.857. The van der Waals surface area contributed by atoms with Crippen molar-refractivity contribution >= 4 is 12.1 Å². The number of carboxylic acids is 1. The number of aliphatic carboxylic acids is 1. The van der Waals surface area contributed by atoms with Crippen LogP contribution in [0.1, 0.15) is 52.9 Å². The minimum atomic E-state index is -1.18. The van der Waals surface area contributed by atoms with E-state index >= 15 is 0 Å². The molecule has 0 aromatic carbocycles. The molecule has 1 aliphatic heterocycles. The van der Waals surface area contributed by atoms with Crippen molar-refractivity contribution in [2.45, 2.75) is 64.0 Å². The third-order valence-electron chi connectivity index (χ3n) is 3.50. The first-order valence-corrected chi connectivity index (χ1v) is 7.08. The molecule has 1 heterocycles. The summed E-state index contributed by atoms with van der Waals surface area (Å²) in [4.78, 5) is 25.2. The van der Waals surface area contributed by atoms with Gasteiger partial charge in [-0.15, -0.1) is 0 Å². The minimum absolute atomic E-state index is 0.0299. The van der Waals surface area contributed by atoms with Crippen molar-refractivity contribution in [3.63, 3.8) is 0 Å². The highest BCUT2D eigenvalue weighted by atomic mass is 16.6. The first-order chi connectivity index (χ1) is 9.23. The van der Waals surface area contributed by atoms with Crippen LogP contribution in [0, 0.1) is 0 Å². The molecule has 1 atom stereocenters. The summed E-state index contributed by atoms with van der Waals surface area (Å²) in [6.45, 7) is 5.71. The number of hydrogen-bond donors (Lipinski definition) is 2. The zero-order chi connectivity index (χ0) is 15.4. The van der Waals surface area contributed by atoms with E-state index in [1.54, 1.807) is 20.8 Å². The summed E-state index contributed by atoms with van der Waals surface area (Å²) < 4.78 is 5.31. The second kappa shape index (κ2) is 6.43. The molecule has 20 heavy (non-hydrogen) atoms. The van der Waals surface area contributed by atoms with Crippen LogP contribution in [0.25, 0.3) is 0 Å². The lowest BCUT2D eigenvalue weighted by Gasteiger charge is -2.35. The molecule has 116 valence electrons. The summed E-state index contributed by atoms with van der Waals surface area (Å²) >= 11 is 0. The number of nitrogens with zero attached hydrogens (tertiary/aromatic N) is 1. The Morgan fingerprint density at radius 3 is 2.45 bits per heavy atom. The first kappa shape index (κ1) is 16.8. The summed E-state index contributed by atoms with van der Waals surface area (Å²) in [6, 6.07) is 0. The molecule has 0 unspecified atom stereocenters. The van der Waals surface area contributed by atoms with Gasteiger partial charge in [-0.25, -0.2) is 9.59 Å². The van der Waals surface area contributed by atoms with Crippen LogP contribution in [0.15, 0.2) is 0 Å². The van der Waals surface area contributed by atoms with Crippen LogP contribution in [0.2, 0.25) is 0 Å². The van der Waals surface area contributed by atoms with Crippen LogP contribution in [0.3, 0.4) is 0 Å². The maximum Gasteiger partial charge on any atom is 0.411 e. The molecule has 2 N–H and O–H groups in total. The number of amides is 1. The maximum absolute atomic E-state index is 12.2. The van der Waals surface area contributed by atoms with Gasteiger partial charge in [0.05, 0.1) is 0 Å². The molecule has 0 bridgehead atoms. The predicted molar refractivity (Wildman–Crippen MR) is 73.5 cm³/mol. The molecule has 0 aromatic rings. The van der Waals surface area contributed by atoms with Crippen molar-refractivity contribution < 1.29 is 24.5 Å². The number of carbonyl (C=O) groups excluding carboxylic acids is 1. The van der Waals surface area contributed by atoms with Gasteiger partial charge in [-0.05, 0) is 52.9 Å². The second-order valence-corrected chi connectivity index (χ2v) is 6.25. The Bertz CT molecular complexity index is 363. The van der Waals surface area contributed by atoms with Crippen LogP contribution in [0.5, 0.6) is 0 Å². The highest BCUT2D eigenvalue weighted by molar-refractivity contribution is 5.85. The fourth-order valence-electron chi connectivity index (χ4n) is 2.58. The van der Waals surface area contributed by atoms with E-state index < -0.39 is 23.2 Å². The predicted octanol–water partition coefficient (Wildman–Crippen LogP) is 2.00. The lowest BCUT2D eigenvalue weighted by atomic mass is 9.90. The van der Waals surface area contributed by atoms with Crippen LogP contribution < -0.4 is 0 Å². The van der Waals surface area contributed by atoms with Gasteiger partial charge in [0.1, 0.15) is 11.1 Å². The Kier molecular flexibility index (Phi) is 5.39. The SMILES string of the molecule is CC(C)(C)OC(=O)N1CCC[C@@]1(CCCCO)C(=O)O. The molecule has 0 aliphatic carbocycles. The van der Waals surface area contributed by atoms with E-state index in [9.17, 15) is 14.7 Å². The van der Waals surface area contributed by atoms with Crippen molar-refractivity contribution in [3.05, 3.63) is 0 Å². The molecule has 1 rings (SSSR count). The van der Waals surface area contributed by atoms with E-state index in [2.05, 4.69) is 0 Å². The molecule has 0 aromatic heterocycles. The molecule has 1 aliphatic rings. The molecule has 1 amide bonds. The van der Waals surface area contributed by atoms with Gasteiger partial charge in [-0.1, -0.05) is 0 Å². The number of aliphatic hydroxyl groups is 1. The van der Waals surface area contributed by atoms with E-state index in [1.165, 1.54) is 4.90 Å². The zero-order valence-electron chi connectivity index (χ0n) is 12.5. The molecule has 1 fully saturated rings. The Balaban J connectivity index is 2.86. The highest BCUT2D eigenvalue weighted by Crippen LogP contribution is 2.35. The molecule has 0 saturated carbocycles. The number of rotatable bonds is 5. The average molecular weight is 287 g/mol. The molecular formula is C14H25NO5. The average Bonchev–Trinajstić information content (AvgIpc) is 2.72. The van der Waals surface area contributed by atoms with Crippen molar-refractivity contribution in [2.75, 3.05) is 13.2 Å². The number of carbonyl (C=O) groups is 2. The molecule has 6 nitrogen and oxygen atoms in total. The highest BCUT2D eigenvalue weighted by Gasteiger charge is 2.50. The summed E-state index contributed by atoms with van der Waals surface area (Å²) in [6.07, 6.45) is 1.99. The van der Waals surface area contributed by atoms with Gasteiger partial charge < -0.3 is 14.9 Å². The summed E-state index contributed by atoms with van der Waals surface area (Å²) in [5, 5.41) is 18.4. The van der Waals surface area contributed by atoms with Crippen LogP contribution in [-0.4, -0.2) is 51.5 Å². The third-order valence-corrected chi connectivity index (χ3v) is 3.50. The number of carboxylic acid groups (broad SMARTS) is 1. The molecule has 6 heteroatoms. The Hall–Kier alpha value is -1.30. The number of unbranched alkanes of at least 4 members (excludes halogenated alkanes) is 1. The van der Waals surface area contributed by atoms with Gasteiger partial charge in [0.15, 0.2) is 0 Å². The molecule has 0 spiro atoms. The quantitative estimate of drug-likeness (QED) is 0.755. The molecule has 1 saturated heterocycles. The number of likely N-dealkylation sites (tertiary alicyclic amines) is 1. The summed E-state index contributed by atoms with van der Waals surface area (Å²) in [7, 11) is 0. The lowest BCUT2D eigenvalue weighted by molar-refractivity contribution is -0.150. The van der Waals surface area contributed by atoms with Crippen molar-refractivity contribution in [2.24, 2.45) is 0 Å². The van der Waals surface area contributed by atoms with E-state index in [0.717, 1.165) is 0 Å². The Labute approximate surface area is 119 Å². The van der Waals surface area contributed by atoms with Crippen LogP contribution in [-0.2, 0) is 9.53 Å².